The number of aryl methyl sites for hydroxylation is 1. The molecule has 9 heteroatoms. The molecule has 1 amide bonds. The van der Waals surface area contributed by atoms with Crippen LogP contribution in [-0.4, -0.2) is 22.5 Å². The number of carbonyl (C=O) groups is 1. The lowest BCUT2D eigenvalue weighted by Gasteiger charge is -2.10. The standard InChI is InChI=1S/C23H19ClN4O4/c1-14-9-16(15(2)27(14)19-6-4-5-18(24)11-19)10-17(13-25)23(29)26-21-8-7-20(28(30)31)12-22(21)32-3/h4-12H,1-3H3,(H,26,29). The highest BCUT2D eigenvalue weighted by Crippen LogP contribution is 2.30. The fraction of sp³-hybridized carbons (Fsp3) is 0.130. The maximum Gasteiger partial charge on any atom is 0.273 e. The summed E-state index contributed by atoms with van der Waals surface area (Å²) >= 11 is 6.11. The minimum Gasteiger partial charge on any atom is -0.494 e. The second-order valence-corrected chi connectivity index (χ2v) is 7.34. The first-order valence-electron chi connectivity index (χ1n) is 9.45. The lowest BCUT2D eigenvalue weighted by molar-refractivity contribution is -0.384. The van der Waals surface area contributed by atoms with E-state index in [2.05, 4.69) is 5.32 Å². The number of nitrogens with zero attached hydrogens (tertiary/aromatic N) is 3. The molecule has 2 aromatic carbocycles. The van der Waals surface area contributed by atoms with Crippen LogP contribution < -0.4 is 10.1 Å². The SMILES string of the molecule is COc1cc([N+](=O)[O-])ccc1NC(=O)C(C#N)=Cc1cc(C)n(-c2cccc(Cl)c2)c1C. The zero-order valence-electron chi connectivity index (χ0n) is 17.5. The molecule has 0 radical (unpaired) electrons. The zero-order valence-corrected chi connectivity index (χ0v) is 18.3. The Morgan fingerprint density at radius 2 is 2.00 bits per heavy atom. The van der Waals surface area contributed by atoms with Crippen LogP contribution in [0.3, 0.4) is 0 Å². The van der Waals surface area contributed by atoms with Gasteiger partial charge in [0.25, 0.3) is 11.6 Å². The summed E-state index contributed by atoms with van der Waals surface area (Å²) < 4.78 is 7.11. The summed E-state index contributed by atoms with van der Waals surface area (Å²) in [6.45, 7) is 3.80. The van der Waals surface area contributed by atoms with E-state index >= 15 is 0 Å². The molecule has 0 aliphatic heterocycles. The number of anilines is 1. The third-order valence-electron chi connectivity index (χ3n) is 4.85. The van der Waals surface area contributed by atoms with E-state index in [-0.39, 0.29) is 22.7 Å². The number of aromatic nitrogens is 1. The Morgan fingerprint density at radius 3 is 2.62 bits per heavy atom. The van der Waals surface area contributed by atoms with Gasteiger partial charge in [-0.2, -0.15) is 5.26 Å². The fourth-order valence-corrected chi connectivity index (χ4v) is 3.52. The molecule has 1 aromatic heterocycles. The largest absolute Gasteiger partial charge is 0.494 e. The number of methoxy groups -OCH3 is 1. The molecule has 3 aromatic rings. The summed E-state index contributed by atoms with van der Waals surface area (Å²) in [5, 5.41) is 23.7. The molecule has 3 rings (SSSR count). The van der Waals surface area contributed by atoms with Crippen LogP contribution in [0.4, 0.5) is 11.4 Å². The van der Waals surface area contributed by atoms with E-state index in [1.54, 1.807) is 6.07 Å². The van der Waals surface area contributed by atoms with E-state index in [9.17, 15) is 20.2 Å². The van der Waals surface area contributed by atoms with Gasteiger partial charge in [0.2, 0.25) is 0 Å². The van der Waals surface area contributed by atoms with Crippen LogP contribution in [0.15, 0.2) is 54.1 Å². The van der Waals surface area contributed by atoms with E-state index in [0.717, 1.165) is 17.1 Å². The second-order valence-electron chi connectivity index (χ2n) is 6.91. The average Bonchev–Trinajstić information content (AvgIpc) is 3.04. The summed E-state index contributed by atoms with van der Waals surface area (Å²) in [5.74, 6) is -0.545. The van der Waals surface area contributed by atoms with Gasteiger partial charge in [-0.05, 0) is 55.8 Å². The van der Waals surface area contributed by atoms with Crippen molar-refractivity contribution in [3.05, 3.63) is 86.2 Å². The summed E-state index contributed by atoms with van der Waals surface area (Å²) in [7, 11) is 1.33. The lowest BCUT2D eigenvalue weighted by Crippen LogP contribution is -2.14. The summed E-state index contributed by atoms with van der Waals surface area (Å²) in [4.78, 5) is 23.1. The van der Waals surface area contributed by atoms with Crippen LogP contribution >= 0.6 is 11.6 Å². The number of nitro benzene ring substituents is 1. The quantitative estimate of drug-likeness (QED) is 0.240. The lowest BCUT2D eigenvalue weighted by atomic mass is 10.1. The molecular weight excluding hydrogens is 432 g/mol. The maximum absolute atomic E-state index is 12.7. The van der Waals surface area contributed by atoms with Crippen molar-refractivity contribution in [2.75, 3.05) is 12.4 Å². The number of hydrogen-bond donors (Lipinski definition) is 1. The van der Waals surface area contributed by atoms with Crippen molar-refractivity contribution in [3.63, 3.8) is 0 Å². The number of amides is 1. The van der Waals surface area contributed by atoms with Crippen LogP contribution in [0.25, 0.3) is 11.8 Å². The van der Waals surface area contributed by atoms with E-state index in [0.29, 0.717) is 10.6 Å². The Morgan fingerprint density at radius 1 is 1.25 bits per heavy atom. The van der Waals surface area contributed by atoms with Crippen molar-refractivity contribution in [3.8, 4) is 17.5 Å². The van der Waals surface area contributed by atoms with Crippen LogP contribution in [0.5, 0.6) is 5.75 Å². The van der Waals surface area contributed by atoms with Gasteiger partial charge in [-0.3, -0.25) is 14.9 Å². The van der Waals surface area contributed by atoms with Gasteiger partial charge in [-0.15, -0.1) is 0 Å². The number of nitro groups is 1. The van der Waals surface area contributed by atoms with E-state index < -0.39 is 10.8 Å². The van der Waals surface area contributed by atoms with Crippen molar-refractivity contribution >= 4 is 35.0 Å². The van der Waals surface area contributed by atoms with Gasteiger partial charge in [0.05, 0.1) is 23.8 Å². The zero-order chi connectivity index (χ0) is 23.4. The van der Waals surface area contributed by atoms with Gasteiger partial charge in [0.15, 0.2) is 0 Å². The first-order chi connectivity index (χ1) is 15.2. The summed E-state index contributed by atoms with van der Waals surface area (Å²) in [6.07, 6.45) is 1.50. The van der Waals surface area contributed by atoms with E-state index in [4.69, 9.17) is 16.3 Å². The third-order valence-corrected chi connectivity index (χ3v) is 5.08. The normalized spacial score (nSPS) is 11.0. The van der Waals surface area contributed by atoms with E-state index in [1.807, 2.05) is 48.7 Å². The Balaban J connectivity index is 1.93. The average molecular weight is 451 g/mol. The molecule has 0 fully saturated rings. The van der Waals surface area contributed by atoms with Crippen molar-refractivity contribution in [2.24, 2.45) is 0 Å². The molecule has 1 N–H and O–H groups in total. The molecule has 0 atom stereocenters. The number of nitrogens with one attached hydrogen (secondary N) is 1. The smallest absolute Gasteiger partial charge is 0.273 e. The molecule has 0 aliphatic carbocycles. The molecule has 0 unspecified atom stereocenters. The van der Waals surface area contributed by atoms with Crippen LogP contribution in [0.2, 0.25) is 5.02 Å². The molecular formula is C23H19ClN4O4. The first-order valence-corrected chi connectivity index (χ1v) is 9.83. The van der Waals surface area contributed by atoms with Crippen molar-refractivity contribution in [1.82, 2.24) is 4.57 Å². The van der Waals surface area contributed by atoms with Gasteiger partial charge in [-0.1, -0.05) is 17.7 Å². The highest BCUT2D eigenvalue weighted by molar-refractivity contribution is 6.30. The Labute approximate surface area is 189 Å². The monoisotopic (exact) mass is 450 g/mol. The fourth-order valence-electron chi connectivity index (χ4n) is 3.34. The number of carbonyl (C=O) groups excluding carboxylic acids is 1. The predicted molar refractivity (Wildman–Crippen MR) is 122 cm³/mol. The van der Waals surface area contributed by atoms with Gasteiger partial charge in [0.1, 0.15) is 17.4 Å². The first kappa shape index (κ1) is 22.6. The number of halogens is 1. The van der Waals surface area contributed by atoms with Crippen molar-refractivity contribution in [1.29, 1.82) is 5.26 Å². The number of hydrogen-bond acceptors (Lipinski definition) is 5. The molecule has 0 spiro atoms. The molecule has 32 heavy (non-hydrogen) atoms. The number of benzene rings is 2. The van der Waals surface area contributed by atoms with E-state index in [1.165, 1.54) is 31.4 Å². The van der Waals surface area contributed by atoms with Gasteiger partial charge in [0, 0.05) is 28.2 Å². The van der Waals surface area contributed by atoms with Gasteiger partial charge < -0.3 is 14.6 Å². The van der Waals surface area contributed by atoms with Crippen molar-refractivity contribution < 1.29 is 14.5 Å². The van der Waals surface area contributed by atoms with Crippen LogP contribution in [0.1, 0.15) is 17.0 Å². The predicted octanol–water partition coefficient (Wildman–Crippen LogP) is 5.21. The molecule has 1 heterocycles. The maximum atomic E-state index is 12.7. The molecule has 0 bridgehead atoms. The highest BCUT2D eigenvalue weighted by Gasteiger charge is 2.17. The third kappa shape index (κ3) is 4.63. The molecule has 0 aliphatic rings. The van der Waals surface area contributed by atoms with Gasteiger partial charge >= 0.3 is 0 Å². The summed E-state index contributed by atoms with van der Waals surface area (Å²) in [5.41, 5.74) is 3.22. The Hall–Kier alpha value is -4.09. The Bertz CT molecular complexity index is 1290. The number of rotatable bonds is 6. The minimum atomic E-state index is -0.660. The number of ether oxygens (including phenoxy) is 1. The second kappa shape index (κ2) is 9.37. The molecule has 0 saturated heterocycles. The summed E-state index contributed by atoms with van der Waals surface area (Å²) in [6, 6.07) is 14.9. The molecule has 0 saturated carbocycles. The van der Waals surface area contributed by atoms with Gasteiger partial charge in [-0.25, -0.2) is 0 Å². The van der Waals surface area contributed by atoms with Crippen LogP contribution in [0, 0.1) is 35.3 Å². The van der Waals surface area contributed by atoms with Crippen LogP contribution in [-0.2, 0) is 4.79 Å². The molecule has 162 valence electrons. The van der Waals surface area contributed by atoms with Crippen molar-refractivity contribution in [2.45, 2.75) is 13.8 Å². The molecule has 8 nitrogen and oxygen atoms in total. The Kier molecular flexibility index (Phi) is 6.61. The highest BCUT2D eigenvalue weighted by atomic mass is 35.5. The minimum absolute atomic E-state index is 0.115. The topological polar surface area (TPSA) is 110 Å². The number of nitriles is 1. The number of non-ortho nitro benzene ring substituents is 1.